The molecule has 2 aromatic carbocycles. The lowest BCUT2D eigenvalue weighted by Gasteiger charge is -2.13. The van der Waals surface area contributed by atoms with Gasteiger partial charge in [-0.25, -0.2) is 4.79 Å². The van der Waals surface area contributed by atoms with Crippen LogP contribution >= 0.6 is 0 Å². The van der Waals surface area contributed by atoms with Gasteiger partial charge < -0.3 is 19.3 Å². The number of ether oxygens (including phenoxy) is 3. The first kappa shape index (κ1) is 19.9. The first-order chi connectivity index (χ1) is 13.0. The predicted octanol–water partition coefficient (Wildman–Crippen LogP) is 3.76. The second-order valence-electron chi connectivity index (χ2n) is 5.78. The van der Waals surface area contributed by atoms with Crippen molar-refractivity contribution in [3.63, 3.8) is 0 Å². The fourth-order valence-corrected chi connectivity index (χ4v) is 2.39. The van der Waals surface area contributed by atoms with Crippen molar-refractivity contribution in [1.29, 1.82) is 5.26 Å². The molecule has 2 aromatic rings. The number of aliphatic carboxylic acids is 1. The molecule has 2 rings (SSSR count). The summed E-state index contributed by atoms with van der Waals surface area (Å²) in [4.78, 5) is 11.0. The Morgan fingerprint density at radius 2 is 1.81 bits per heavy atom. The average Bonchev–Trinajstić information content (AvgIpc) is 2.66. The number of aryl methyl sites for hydroxylation is 1. The molecule has 27 heavy (non-hydrogen) atoms. The van der Waals surface area contributed by atoms with Crippen LogP contribution in [0, 0.1) is 25.2 Å². The lowest BCUT2D eigenvalue weighted by Crippen LogP contribution is -2.10. The van der Waals surface area contributed by atoms with Crippen LogP contribution in [0.3, 0.4) is 0 Å². The van der Waals surface area contributed by atoms with Crippen molar-refractivity contribution in [3.8, 4) is 23.3 Å². The SMILES string of the molecule is COc1ccc(C=C(C#N)C(=O)O)cc1OCCOc1cccc(C)c1C. The molecule has 0 radical (unpaired) electrons. The third-order valence-electron chi connectivity index (χ3n) is 4.00. The van der Waals surface area contributed by atoms with E-state index in [1.54, 1.807) is 24.3 Å². The first-order valence-corrected chi connectivity index (χ1v) is 8.31. The van der Waals surface area contributed by atoms with Gasteiger partial charge in [0.25, 0.3) is 0 Å². The van der Waals surface area contributed by atoms with E-state index in [4.69, 9.17) is 24.6 Å². The van der Waals surface area contributed by atoms with E-state index in [0.717, 1.165) is 16.9 Å². The van der Waals surface area contributed by atoms with Gasteiger partial charge in [-0.1, -0.05) is 18.2 Å². The average molecular weight is 367 g/mol. The number of nitrogens with zero attached hydrogens (tertiary/aromatic N) is 1. The molecule has 1 N–H and O–H groups in total. The van der Waals surface area contributed by atoms with Gasteiger partial charge in [-0.05, 0) is 54.8 Å². The molecule has 0 heterocycles. The Bertz CT molecular complexity index is 896. The zero-order chi connectivity index (χ0) is 19.8. The summed E-state index contributed by atoms with van der Waals surface area (Å²) >= 11 is 0. The van der Waals surface area contributed by atoms with E-state index in [9.17, 15) is 4.79 Å². The summed E-state index contributed by atoms with van der Waals surface area (Å²) in [6.07, 6.45) is 1.28. The quantitative estimate of drug-likeness (QED) is 0.434. The molecule has 140 valence electrons. The number of rotatable bonds is 8. The highest BCUT2D eigenvalue weighted by Crippen LogP contribution is 2.29. The Labute approximate surface area is 158 Å². The summed E-state index contributed by atoms with van der Waals surface area (Å²) in [6, 6.07) is 12.4. The second-order valence-corrected chi connectivity index (χ2v) is 5.78. The van der Waals surface area contributed by atoms with E-state index in [1.165, 1.54) is 13.2 Å². The number of methoxy groups -OCH3 is 1. The predicted molar refractivity (Wildman–Crippen MR) is 101 cm³/mol. The molecule has 0 fully saturated rings. The Hall–Kier alpha value is -3.46. The molecule has 6 heteroatoms. The van der Waals surface area contributed by atoms with Gasteiger partial charge in [0.2, 0.25) is 0 Å². The highest BCUT2D eigenvalue weighted by molar-refractivity contribution is 5.96. The fourth-order valence-electron chi connectivity index (χ4n) is 2.39. The molecule has 0 atom stereocenters. The van der Waals surface area contributed by atoms with Crippen molar-refractivity contribution in [2.45, 2.75) is 13.8 Å². The van der Waals surface area contributed by atoms with Crippen LogP contribution in [0.25, 0.3) is 6.08 Å². The van der Waals surface area contributed by atoms with Crippen LogP contribution < -0.4 is 14.2 Å². The number of nitriles is 1. The molecule has 0 aliphatic rings. The fraction of sp³-hybridized carbons (Fsp3) is 0.238. The Kier molecular flexibility index (Phi) is 6.84. The van der Waals surface area contributed by atoms with Gasteiger partial charge in [-0.15, -0.1) is 0 Å². The van der Waals surface area contributed by atoms with Crippen molar-refractivity contribution < 1.29 is 24.1 Å². The Balaban J connectivity index is 2.06. The summed E-state index contributed by atoms with van der Waals surface area (Å²) < 4.78 is 16.7. The zero-order valence-corrected chi connectivity index (χ0v) is 15.5. The smallest absolute Gasteiger partial charge is 0.346 e. The summed E-state index contributed by atoms with van der Waals surface area (Å²) in [7, 11) is 1.52. The summed E-state index contributed by atoms with van der Waals surface area (Å²) in [5.74, 6) is 0.478. The molecular weight excluding hydrogens is 346 g/mol. The van der Waals surface area contributed by atoms with Crippen LogP contribution in [0.1, 0.15) is 16.7 Å². The molecule has 0 aromatic heterocycles. The van der Waals surface area contributed by atoms with Gasteiger partial charge >= 0.3 is 5.97 Å². The highest BCUT2D eigenvalue weighted by Gasteiger charge is 2.09. The molecule has 0 aliphatic carbocycles. The van der Waals surface area contributed by atoms with Crippen LogP contribution in [0.5, 0.6) is 17.2 Å². The maximum absolute atomic E-state index is 11.0. The maximum Gasteiger partial charge on any atom is 0.346 e. The van der Waals surface area contributed by atoms with Gasteiger partial charge in [0.1, 0.15) is 30.6 Å². The number of carbonyl (C=O) groups is 1. The van der Waals surface area contributed by atoms with Crippen molar-refractivity contribution >= 4 is 12.0 Å². The molecule has 0 spiro atoms. The van der Waals surface area contributed by atoms with E-state index in [2.05, 4.69) is 0 Å². The van der Waals surface area contributed by atoms with Gasteiger partial charge in [-0.3, -0.25) is 0 Å². The van der Waals surface area contributed by atoms with Crippen molar-refractivity contribution in [2.75, 3.05) is 20.3 Å². The molecule has 0 unspecified atom stereocenters. The van der Waals surface area contributed by atoms with Gasteiger partial charge in [-0.2, -0.15) is 5.26 Å². The first-order valence-electron chi connectivity index (χ1n) is 8.31. The summed E-state index contributed by atoms with van der Waals surface area (Å²) in [6.45, 7) is 4.64. The minimum atomic E-state index is -1.28. The molecule has 0 saturated carbocycles. The zero-order valence-electron chi connectivity index (χ0n) is 15.5. The van der Waals surface area contributed by atoms with Crippen LogP contribution in [-0.4, -0.2) is 31.4 Å². The van der Waals surface area contributed by atoms with E-state index < -0.39 is 5.97 Å². The monoisotopic (exact) mass is 367 g/mol. The lowest BCUT2D eigenvalue weighted by molar-refractivity contribution is -0.132. The third-order valence-corrected chi connectivity index (χ3v) is 4.00. The normalized spacial score (nSPS) is 10.8. The van der Waals surface area contributed by atoms with E-state index in [1.807, 2.05) is 32.0 Å². The molecule has 0 amide bonds. The van der Waals surface area contributed by atoms with Crippen molar-refractivity contribution in [2.24, 2.45) is 0 Å². The number of hydrogen-bond donors (Lipinski definition) is 1. The number of carboxylic acids is 1. The second kappa shape index (κ2) is 9.30. The van der Waals surface area contributed by atoms with Gasteiger partial charge in [0, 0.05) is 0 Å². The largest absolute Gasteiger partial charge is 0.493 e. The van der Waals surface area contributed by atoms with Crippen LogP contribution in [0.4, 0.5) is 0 Å². The van der Waals surface area contributed by atoms with Crippen LogP contribution in [-0.2, 0) is 4.79 Å². The van der Waals surface area contributed by atoms with Crippen molar-refractivity contribution in [1.82, 2.24) is 0 Å². The minimum Gasteiger partial charge on any atom is -0.493 e. The Morgan fingerprint density at radius 1 is 1.11 bits per heavy atom. The summed E-state index contributed by atoms with van der Waals surface area (Å²) in [5, 5.41) is 17.8. The molecular formula is C21H21NO5. The van der Waals surface area contributed by atoms with E-state index >= 15 is 0 Å². The third kappa shape index (κ3) is 5.25. The van der Waals surface area contributed by atoms with Gasteiger partial charge in [0.05, 0.1) is 7.11 Å². The molecule has 0 bridgehead atoms. The Morgan fingerprint density at radius 3 is 2.44 bits per heavy atom. The van der Waals surface area contributed by atoms with E-state index in [-0.39, 0.29) is 12.2 Å². The lowest BCUT2D eigenvalue weighted by atomic mass is 10.1. The number of hydrogen-bond acceptors (Lipinski definition) is 5. The van der Waals surface area contributed by atoms with Crippen molar-refractivity contribution in [3.05, 3.63) is 58.7 Å². The summed E-state index contributed by atoms with van der Waals surface area (Å²) in [5.41, 5.74) is 2.41. The number of carboxylic acid groups (broad SMARTS) is 1. The topological polar surface area (TPSA) is 88.8 Å². The highest BCUT2D eigenvalue weighted by atomic mass is 16.5. The minimum absolute atomic E-state index is 0.279. The molecule has 0 aliphatic heterocycles. The number of benzene rings is 2. The van der Waals surface area contributed by atoms with Crippen LogP contribution in [0.2, 0.25) is 0 Å². The van der Waals surface area contributed by atoms with E-state index in [0.29, 0.717) is 23.7 Å². The maximum atomic E-state index is 11.0. The molecule has 0 saturated heterocycles. The molecule has 6 nitrogen and oxygen atoms in total. The standard InChI is InChI=1S/C21H21NO5/c1-14-5-4-6-18(15(14)2)26-9-10-27-20-12-16(7-8-19(20)25-3)11-17(13-22)21(23)24/h4-8,11-12H,9-10H2,1-3H3,(H,23,24). The van der Waals surface area contributed by atoms with Crippen LogP contribution in [0.15, 0.2) is 42.0 Å². The van der Waals surface area contributed by atoms with Gasteiger partial charge in [0.15, 0.2) is 11.5 Å².